The summed E-state index contributed by atoms with van der Waals surface area (Å²) in [4.78, 5) is 38.6. The molecule has 0 bridgehead atoms. The quantitative estimate of drug-likeness (QED) is 0.104. The van der Waals surface area contributed by atoms with Crippen LogP contribution in [0.1, 0.15) is 28.1 Å². The average Bonchev–Trinajstić information content (AvgIpc) is 3.06. The first-order valence-corrected chi connectivity index (χ1v) is 16.1. The number of carbonyl (C=O) groups excluding carboxylic acids is 1. The second kappa shape index (κ2) is 27.7. The summed E-state index contributed by atoms with van der Waals surface area (Å²) in [5.41, 5.74) is 0.668. The monoisotopic (exact) mass is 874 g/mol. The van der Waals surface area contributed by atoms with Crippen molar-refractivity contribution >= 4 is 55.4 Å². The van der Waals surface area contributed by atoms with Crippen molar-refractivity contribution in [2.45, 2.75) is 38.8 Å². The van der Waals surface area contributed by atoms with Crippen LogP contribution in [0.4, 0.5) is 21.5 Å². The van der Waals surface area contributed by atoms with Crippen molar-refractivity contribution in [2.75, 3.05) is 72.5 Å². The molecule has 2 aliphatic heterocycles. The molecule has 2 heterocycles. The Hall–Kier alpha value is 0.113. The second-order valence-electron chi connectivity index (χ2n) is 10.7. The van der Waals surface area contributed by atoms with Crippen molar-refractivity contribution in [3.05, 3.63) is 59.3 Å². The van der Waals surface area contributed by atoms with E-state index in [9.17, 15) is 24.6 Å². The summed E-state index contributed by atoms with van der Waals surface area (Å²) in [5.74, 6) is -0.388. The topological polar surface area (TPSA) is 176 Å². The molecule has 49 heavy (non-hydrogen) atoms. The van der Waals surface area contributed by atoms with Crippen LogP contribution in [0.3, 0.4) is 0 Å². The first-order valence-electron chi connectivity index (χ1n) is 14.5. The maximum Gasteiger partial charge on any atom is 1.00 e. The Bertz CT molecular complexity index is 1310. The molecule has 1 N–H and O–H groups in total. The van der Waals surface area contributed by atoms with Crippen molar-refractivity contribution in [3.8, 4) is 11.5 Å². The first-order chi connectivity index (χ1) is 22.2. The van der Waals surface area contributed by atoms with Crippen LogP contribution in [-0.4, -0.2) is 106 Å². The number of halogens is 3. The molecule has 0 atom stereocenters. The van der Waals surface area contributed by atoms with Crippen molar-refractivity contribution in [1.29, 1.82) is 0 Å². The average molecular weight is 877 g/mol. The molecule has 0 saturated carbocycles. The standard InChI is InChI=1S/C14H20BrN3O3.C7H5BrFNO3.C7H16N2.CH2O3.2K.H/c1-16(2)10-4-6-17(7-5-10)12-9-14(21-3)13(18(19)20)8-11(12)15;1-13-7-3-5(9)4(8)2-6(7)10(11)12;1-7(2)9-5-3-8-4-6-9;2-1-4-3;;;/h8-10H,4-7H2,1-3H3;2-3H,1H3;7-8H,3-6H2,1-2H3;1,3H;;;/q;;;;2*+1;-1/p-1. The van der Waals surface area contributed by atoms with E-state index in [0.717, 1.165) is 67.4 Å². The fraction of sp³-hybridized carbons (Fsp3) is 0.552. The van der Waals surface area contributed by atoms with Crippen LogP contribution < -0.4 is 128 Å². The Morgan fingerprint density at radius 1 is 0.939 bits per heavy atom. The van der Waals surface area contributed by atoms with Crippen molar-refractivity contribution < 1.29 is 143 Å². The number of nitro groups is 2. The van der Waals surface area contributed by atoms with Gasteiger partial charge >= 0.3 is 114 Å². The molecule has 0 aromatic heterocycles. The van der Waals surface area contributed by atoms with E-state index in [0.29, 0.717) is 11.8 Å². The summed E-state index contributed by atoms with van der Waals surface area (Å²) in [6.07, 6.45) is 2.16. The minimum absolute atomic E-state index is 0. The van der Waals surface area contributed by atoms with Crippen LogP contribution in [0.25, 0.3) is 0 Å². The fourth-order valence-corrected chi connectivity index (χ4v) is 5.64. The molecule has 15 nitrogen and oxygen atoms in total. The molecule has 0 unspecified atom stereocenters. The minimum Gasteiger partial charge on any atom is -1.00 e. The normalized spacial score (nSPS) is 14.2. The summed E-state index contributed by atoms with van der Waals surface area (Å²) in [7, 11) is 6.91. The number of piperazine rings is 1. The second-order valence-corrected chi connectivity index (χ2v) is 12.4. The summed E-state index contributed by atoms with van der Waals surface area (Å²) in [6.45, 7) is 11.0. The molecule has 2 aromatic rings. The number of benzene rings is 2. The fourth-order valence-electron chi connectivity index (χ4n) is 4.73. The zero-order valence-corrected chi connectivity index (χ0v) is 38.7. The van der Waals surface area contributed by atoms with E-state index in [2.05, 4.69) is 89.4 Å². The largest absolute Gasteiger partial charge is 1.00 e. The number of nitro benzene ring substituents is 2. The van der Waals surface area contributed by atoms with E-state index in [-0.39, 0.29) is 132 Å². The van der Waals surface area contributed by atoms with Crippen molar-refractivity contribution in [2.24, 2.45) is 0 Å². The zero-order chi connectivity index (χ0) is 35.7. The zero-order valence-electron chi connectivity index (χ0n) is 30.2. The van der Waals surface area contributed by atoms with Gasteiger partial charge in [0.2, 0.25) is 0 Å². The molecule has 0 spiro atoms. The number of piperidine rings is 1. The third kappa shape index (κ3) is 18.1. The maximum absolute atomic E-state index is 12.9. The van der Waals surface area contributed by atoms with E-state index in [1.807, 2.05) is 0 Å². The van der Waals surface area contributed by atoms with Gasteiger partial charge in [0.1, 0.15) is 5.82 Å². The summed E-state index contributed by atoms with van der Waals surface area (Å²) < 4.78 is 23.4. The molecule has 0 radical (unpaired) electrons. The molecule has 266 valence electrons. The Balaban J connectivity index is -0.000000656. The number of rotatable bonds is 8. The first kappa shape index (κ1) is 51.2. The number of nitrogens with one attached hydrogen (secondary N) is 1. The van der Waals surface area contributed by atoms with E-state index < -0.39 is 15.7 Å². The van der Waals surface area contributed by atoms with Gasteiger partial charge in [-0.25, -0.2) is 4.39 Å². The maximum atomic E-state index is 12.9. The van der Waals surface area contributed by atoms with Crippen LogP contribution in [-0.2, 0) is 9.68 Å². The van der Waals surface area contributed by atoms with E-state index >= 15 is 0 Å². The van der Waals surface area contributed by atoms with Gasteiger partial charge in [0.15, 0.2) is 11.5 Å². The number of ether oxygens (including phenoxy) is 2. The molecule has 4 rings (SSSR count). The summed E-state index contributed by atoms with van der Waals surface area (Å²) in [5, 5.41) is 33.2. The number of methoxy groups -OCH3 is 2. The van der Waals surface area contributed by atoms with Gasteiger partial charge < -0.3 is 36.2 Å². The summed E-state index contributed by atoms with van der Waals surface area (Å²) >= 11 is 6.29. The van der Waals surface area contributed by atoms with Crippen molar-refractivity contribution in [1.82, 2.24) is 15.1 Å². The molecular formula is C29H43Br2FK2N6O9. The van der Waals surface area contributed by atoms with E-state index in [1.165, 1.54) is 33.4 Å². The van der Waals surface area contributed by atoms with Crippen LogP contribution in [0.15, 0.2) is 33.2 Å². The third-order valence-electron chi connectivity index (χ3n) is 7.32. The van der Waals surface area contributed by atoms with Crippen LogP contribution in [0.5, 0.6) is 11.5 Å². The third-order valence-corrected chi connectivity index (χ3v) is 8.56. The molecular weight excluding hydrogens is 833 g/mol. The number of hydrogen-bond donors (Lipinski definition) is 1. The Kier molecular flexibility index (Phi) is 28.9. The molecule has 2 fully saturated rings. The SMILES string of the molecule is CC(C)N1CCNCC1.COc1cc(F)c(Br)cc1[N+](=O)[O-].COc1cc(N2CCC(N(C)C)CC2)c(Br)cc1[N+](=O)[O-].O=CO[O-].[H-].[K+].[K+]. The van der Waals surface area contributed by atoms with Gasteiger partial charge in [0.05, 0.1) is 34.2 Å². The van der Waals surface area contributed by atoms with Gasteiger partial charge in [-0.2, -0.15) is 0 Å². The molecule has 0 aliphatic carbocycles. The van der Waals surface area contributed by atoms with Crippen LogP contribution >= 0.6 is 31.9 Å². The Morgan fingerprint density at radius 3 is 1.76 bits per heavy atom. The van der Waals surface area contributed by atoms with E-state index in [4.69, 9.17) is 14.8 Å². The molecule has 2 saturated heterocycles. The summed E-state index contributed by atoms with van der Waals surface area (Å²) in [6, 6.07) is 6.62. The van der Waals surface area contributed by atoms with Gasteiger partial charge in [-0.1, -0.05) is 0 Å². The number of nitrogens with zero attached hydrogens (tertiary/aromatic N) is 5. The van der Waals surface area contributed by atoms with Gasteiger partial charge in [0.25, 0.3) is 6.47 Å². The minimum atomic E-state index is -0.636. The molecule has 2 aromatic carbocycles. The molecule has 2 aliphatic rings. The number of anilines is 1. The number of hydrogen-bond acceptors (Lipinski definition) is 13. The smallest absolute Gasteiger partial charge is 1.00 e. The van der Waals surface area contributed by atoms with Gasteiger partial charge in [-0.3, -0.25) is 29.9 Å². The molecule has 0 amide bonds. The van der Waals surface area contributed by atoms with Crippen LogP contribution in [0.2, 0.25) is 0 Å². The van der Waals surface area contributed by atoms with Crippen molar-refractivity contribution in [3.63, 3.8) is 0 Å². The number of carbonyl (C=O) groups is 1. The predicted octanol–water partition coefficient (Wildman–Crippen LogP) is -1.74. The Morgan fingerprint density at radius 2 is 1.39 bits per heavy atom. The Labute approximate surface area is 389 Å². The van der Waals surface area contributed by atoms with Gasteiger partial charge in [-0.05, 0) is 72.6 Å². The van der Waals surface area contributed by atoms with Gasteiger partial charge in [0, 0.05) is 80.1 Å². The molecule has 20 heteroatoms. The van der Waals surface area contributed by atoms with E-state index in [1.54, 1.807) is 6.07 Å². The van der Waals surface area contributed by atoms with Crippen LogP contribution in [0, 0.1) is 26.0 Å². The van der Waals surface area contributed by atoms with Gasteiger partial charge in [-0.15, -0.1) is 0 Å². The predicted molar refractivity (Wildman–Crippen MR) is 181 cm³/mol.